The number of nitrogens with one attached hydrogen (secondary N) is 1. The molecular formula is C16H14ClN3S. The Morgan fingerprint density at radius 3 is 2.86 bits per heavy atom. The molecule has 1 aliphatic rings. The van der Waals surface area contributed by atoms with Crippen LogP contribution >= 0.6 is 23.3 Å². The predicted octanol–water partition coefficient (Wildman–Crippen LogP) is 4.31. The number of hydrogen-bond donors (Lipinski definition) is 1. The van der Waals surface area contributed by atoms with E-state index >= 15 is 0 Å². The van der Waals surface area contributed by atoms with Crippen LogP contribution in [-0.4, -0.2) is 14.8 Å². The van der Waals surface area contributed by atoms with Crippen molar-refractivity contribution in [3.8, 4) is 0 Å². The SMILES string of the molecule is Clc1ccc2nsnc2c1NC1CCc2ccccc2C1. The maximum absolute atomic E-state index is 6.35. The summed E-state index contributed by atoms with van der Waals surface area (Å²) in [5.74, 6) is 0. The van der Waals surface area contributed by atoms with Crippen molar-refractivity contribution in [1.29, 1.82) is 0 Å². The molecule has 1 aromatic heterocycles. The van der Waals surface area contributed by atoms with Gasteiger partial charge in [-0.05, 0) is 42.5 Å². The average Bonchev–Trinajstić information content (AvgIpc) is 2.99. The molecule has 1 atom stereocenters. The molecule has 0 amide bonds. The lowest BCUT2D eigenvalue weighted by Gasteiger charge is -2.26. The lowest BCUT2D eigenvalue weighted by Crippen LogP contribution is -2.27. The molecule has 106 valence electrons. The monoisotopic (exact) mass is 315 g/mol. The summed E-state index contributed by atoms with van der Waals surface area (Å²) in [5.41, 5.74) is 5.61. The van der Waals surface area contributed by atoms with Gasteiger partial charge in [-0.15, -0.1) is 0 Å². The molecule has 1 aliphatic carbocycles. The van der Waals surface area contributed by atoms with Crippen molar-refractivity contribution in [2.24, 2.45) is 0 Å². The lowest BCUT2D eigenvalue weighted by molar-refractivity contribution is 0.611. The number of aryl methyl sites for hydroxylation is 1. The third-order valence-electron chi connectivity index (χ3n) is 4.07. The Labute approximate surface area is 132 Å². The number of hydrogen-bond acceptors (Lipinski definition) is 4. The standard InChI is InChI=1S/C16H14ClN3S/c17-13-7-8-14-16(20-21-19-14)15(13)18-12-6-5-10-3-1-2-4-11(10)9-12/h1-4,7-8,12,18H,5-6,9H2. The van der Waals surface area contributed by atoms with E-state index in [9.17, 15) is 0 Å². The van der Waals surface area contributed by atoms with Crippen LogP contribution in [0.3, 0.4) is 0 Å². The average molecular weight is 316 g/mol. The predicted molar refractivity (Wildman–Crippen MR) is 88.3 cm³/mol. The second-order valence-corrected chi connectivity index (χ2v) is 6.34. The molecule has 1 N–H and O–H groups in total. The number of aromatic nitrogens is 2. The molecule has 1 heterocycles. The fourth-order valence-corrected chi connectivity index (χ4v) is 3.74. The van der Waals surface area contributed by atoms with Crippen LogP contribution in [0.15, 0.2) is 36.4 Å². The van der Waals surface area contributed by atoms with Gasteiger partial charge in [0.2, 0.25) is 0 Å². The fraction of sp³-hybridized carbons (Fsp3) is 0.250. The lowest BCUT2D eigenvalue weighted by atomic mass is 9.88. The number of halogens is 1. The molecule has 0 bridgehead atoms. The Morgan fingerprint density at radius 2 is 1.95 bits per heavy atom. The molecule has 2 aromatic carbocycles. The van der Waals surface area contributed by atoms with Gasteiger partial charge in [0.15, 0.2) is 0 Å². The van der Waals surface area contributed by atoms with Crippen molar-refractivity contribution in [3.63, 3.8) is 0 Å². The first-order valence-corrected chi connectivity index (χ1v) is 8.16. The Kier molecular flexibility index (Phi) is 3.28. The molecular weight excluding hydrogens is 302 g/mol. The first-order chi connectivity index (χ1) is 10.3. The van der Waals surface area contributed by atoms with Crippen molar-refractivity contribution in [2.75, 3.05) is 5.32 Å². The van der Waals surface area contributed by atoms with Gasteiger partial charge in [0.1, 0.15) is 11.0 Å². The second-order valence-electron chi connectivity index (χ2n) is 5.41. The maximum atomic E-state index is 6.35. The summed E-state index contributed by atoms with van der Waals surface area (Å²) in [5, 5.41) is 4.31. The molecule has 0 saturated heterocycles. The molecule has 3 nitrogen and oxygen atoms in total. The number of anilines is 1. The van der Waals surface area contributed by atoms with Crippen LogP contribution < -0.4 is 5.32 Å². The third-order valence-corrected chi connectivity index (χ3v) is 4.93. The zero-order valence-electron chi connectivity index (χ0n) is 11.3. The van der Waals surface area contributed by atoms with Crippen LogP contribution in [0.4, 0.5) is 5.69 Å². The van der Waals surface area contributed by atoms with Gasteiger partial charge in [0.25, 0.3) is 0 Å². The molecule has 5 heteroatoms. The minimum atomic E-state index is 0.393. The highest BCUT2D eigenvalue weighted by Gasteiger charge is 2.20. The Hall–Kier alpha value is -1.65. The first kappa shape index (κ1) is 13.0. The van der Waals surface area contributed by atoms with Gasteiger partial charge in [0.05, 0.1) is 22.4 Å². The summed E-state index contributed by atoms with van der Waals surface area (Å²) in [4.78, 5) is 0. The zero-order chi connectivity index (χ0) is 14.2. The van der Waals surface area contributed by atoms with E-state index in [2.05, 4.69) is 38.3 Å². The Bertz CT molecular complexity index is 799. The van der Waals surface area contributed by atoms with Crippen LogP contribution in [0.1, 0.15) is 17.5 Å². The summed E-state index contributed by atoms with van der Waals surface area (Å²) in [6.07, 6.45) is 3.25. The van der Waals surface area contributed by atoms with Gasteiger partial charge < -0.3 is 5.32 Å². The van der Waals surface area contributed by atoms with Crippen LogP contribution in [-0.2, 0) is 12.8 Å². The van der Waals surface area contributed by atoms with Gasteiger partial charge in [-0.25, -0.2) is 0 Å². The van der Waals surface area contributed by atoms with Gasteiger partial charge in [-0.1, -0.05) is 35.9 Å². The number of fused-ring (bicyclic) bond motifs is 2. The Morgan fingerprint density at radius 1 is 1.10 bits per heavy atom. The second kappa shape index (κ2) is 5.28. The van der Waals surface area contributed by atoms with Crippen molar-refractivity contribution < 1.29 is 0 Å². The van der Waals surface area contributed by atoms with Crippen LogP contribution in [0.5, 0.6) is 0 Å². The highest BCUT2D eigenvalue weighted by atomic mass is 35.5. The van der Waals surface area contributed by atoms with Gasteiger partial charge in [0, 0.05) is 6.04 Å². The van der Waals surface area contributed by atoms with E-state index in [1.807, 2.05) is 12.1 Å². The molecule has 0 saturated carbocycles. The van der Waals surface area contributed by atoms with Gasteiger partial charge >= 0.3 is 0 Å². The highest BCUT2D eigenvalue weighted by molar-refractivity contribution is 7.00. The van der Waals surface area contributed by atoms with Crippen molar-refractivity contribution in [1.82, 2.24) is 8.75 Å². The largest absolute Gasteiger partial charge is 0.379 e. The first-order valence-electron chi connectivity index (χ1n) is 7.05. The van der Waals surface area contributed by atoms with E-state index in [1.54, 1.807) is 0 Å². The summed E-state index contributed by atoms with van der Waals surface area (Å²) in [6.45, 7) is 0. The summed E-state index contributed by atoms with van der Waals surface area (Å²) < 4.78 is 8.65. The minimum absolute atomic E-state index is 0.393. The van der Waals surface area contributed by atoms with E-state index in [0.717, 1.165) is 36.0 Å². The molecule has 4 rings (SSSR count). The quantitative estimate of drug-likeness (QED) is 0.765. The third kappa shape index (κ3) is 2.39. The van der Waals surface area contributed by atoms with Crippen LogP contribution in [0, 0.1) is 0 Å². The number of nitrogens with zero attached hydrogens (tertiary/aromatic N) is 2. The van der Waals surface area contributed by atoms with Crippen molar-refractivity contribution in [2.45, 2.75) is 25.3 Å². The van der Waals surface area contributed by atoms with Crippen molar-refractivity contribution >= 4 is 40.0 Å². The zero-order valence-corrected chi connectivity index (χ0v) is 12.9. The molecule has 0 radical (unpaired) electrons. The van der Waals surface area contributed by atoms with Gasteiger partial charge in [-0.3, -0.25) is 0 Å². The molecule has 0 fully saturated rings. The number of benzene rings is 2. The molecule has 3 aromatic rings. The Balaban J connectivity index is 1.64. The van der Waals surface area contributed by atoms with E-state index in [-0.39, 0.29) is 0 Å². The molecule has 0 spiro atoms. The minimum Gasteiger partial charge on any atom is -0.379 e. The van der Waals surface area contributed by atoms with E-state index in [1.165, 1.54) is 22.9 Å². The molecule has 21 heavy (non-hydrogen) atoms. The fourth-order valence-electron chi connectivity index (χ4n) is 2.99. The normalized spacial score (nSPS) is 17.7. The van der Waals surface area contributed by atoms with Crippen molar-refractivity contribution in [3.05, 3.63) is 52.5 Å². The van der Waals surface area contributed by atoms with E-state index in [4.69, 9.17) is 11.6 Å². The van der Waals surface area contributed by atoms with Crippen LogP contribution in [0.2, 0.25) is 5.02 Å². The summed E-state index contributed by atoms with van der Waals surface area (Å²) in [6, 6.07) is 12.9. The molecule has 0 aliphatic heterocycles. The topological polar surface area (TPSA) is 37.8 Å². The van der Waals surface area contributed by atoms with E-state index in [0.29, 0.717) is 11.1 Å². The smallest absolute Gasteiger partial charge is 0.129 e. The number of rotatable bonds is 2. The maximum Gasteiger partial charge on any atom is 0.129 e. The van der Waals surface area contributed by atoms with E-state index < -0.39 is 0 Å². The highest BCUT2D eigenvalue weighted by Crippen LogP contribution is 2.32. The van der Waals surface area contributed by atoms with Gasteiger partial charge in [-0.2, -0.15) is 8.75 Å². The summed E-state index contributed by atoms with van der Waals surface area (Å²) >= 11 is 7.58. The summed E-state index contributed by atoms with van der Waals surface area (Å²) in [7, 11) is 0. The van der Waals surface area contributed by atoms with Crippen LogP contribution in [0.25, 0.3) is 11.0 Å². The molecule has 1 unspecified atom stereocenters.